The molecule has 0 aliphatic carbocycles. The van der Waals surface area contributed by atoms with Crippen LogP contribution >= 0.6 is 0 Å². The fraction of sp³-hybridized carbons (Fsp3) is 0.500. The molecule has 0 fully saturated rings. The van der Waals surface area contributed by atoms with E-state index in [2.05, 4.69) is 6.92 Å². The monoisotopic (exact) mass is 334 g/mol. The Kier molecular flexibility index (Phi) is 7.95. The molecule has 1 aromatic carbocycles. The second kappa shape index (κ2) is 9.70. The lowest BCUT2D eigenvalue weighted by molar-refractivity contribution is -0.130. The van der Waals surface area contributed by atoms with Crippen LogP contribution in [-0.4, -0.2) is 49.4 Å². The SMILES string of the molecule is CCCCN(C)C(=O)CN(C(C)=O)c1ccccc1C(=O)OCC. The third kappa shape index (κ3) is 5.37. The number of likely N-dealkylation sites (N-methyl/N-ethyl adjacent to an activating group) is 1. The number of hydrogen-bond donors (Lipinski definition) is 0. The first-order valence-corrected chi connectivity index (χ1v) is 8.20. The summed E-state index contributed by atoms with van der Waals surface area (Å²) in [7, 11) is 1.72. The smallest absolute Gasteiger partial charge is 0.340 e. The van der Waals surface area contributed by atoms with E-state index in [1.54, 1.807) is 43.1 Å². The summed E-state index contributed by atoms with van der Waals surface area (Å²) < 4.78 is 5.03. The van der Waals surface area contributed by atoms with Crippen LogP contribution in [-0.2, 0) is 14.3 Å². The summed E-state index contributed by atoms with van der Waals surface area (Å²) in [5, 5.41) is 0. The van der Waals surface area contributed by atoms with Crippen molar-refractivity contribution in [1.29, 1.82) is 0 Å². The summed E-state index contributed by atoms with van der Waals surface area (Å²) in [6, 6.07) is 6.66. The average molecular weight is 334 g/mol. The minimum absolute atomic E-state index is 0.105. The molecule has 0 saturated carbocycles. The Hall–Kier alpha value is -2.37. The van der Waals surface area contributed by atoms with Gasteiger partial charge in [-0.25, -0.2) is 4.79 Å². The van der Waals surface area contributed by atoms with Crippen molar-refractivity contribution in [1.82, 2.24) is 4.90 Å². The molecule has 0 saturated heterocycles. The Morgan fingerprint density at radius 3 is 2.38 bits per heavy atom. The molecule has 1 rings (SSSR count). The highest BCUT2D eigenvalue weighted by molar-refractivity contribution is 6.04. The third-order valence-electron chi connectivity index (χ3n) is 3.64. The molecule has 0 radical (unpaired) electrons. The Morgan fingerprint density at radius 2 is 1.79 bits per heavy atom. The van der Waals surface area contributed by atoms with Crippen LogP contribution in [0.3, 0.4) is 0 Å². The summed E-state index contributed by atoms with van der Waals surface area (Å²) in [5.41, 5.74) is 0.666. The second-order valence-corrected chi connectivity index (χ2v) is 5.51. The molecule has 0 bridgehead atoms. The van der Waals surface area contributed by atoms with E-state index in [1.165, 1.54) is 11.8 Å². The molecule has 0 atom stereocenters. The van der Waals surface area contributed by atoms with E-state index in [1.807, 2.05) is 0 Å². The maximum absolute atomic E-state index is 12.4. The fourth-order valence-electron chi connectivity index (χ4n) is 2.23. The predicted molar refractivity (Wildman–Crippen MR) is 93.0 cm³/mol. The fourth-order valence-corrected chi connectivity index (χ4v) is 2.23. The lowest BCUT2D eigenvalue weighted by Crippen LogP contribution is -2.41. The van der Waals surface area contributed by atoms with Gasteiger partial charge in [0, 0.05) is 20.5 Å². The number of carbonyl (C=O) groups excluding carboxylic acids is 3. The van der Waals surface area contributed by atoms with Crippen LogP contribution in [0.5, 0.6) is 0 Å². The van der Waals surface area contributed by atoms with Crippen molar-refractivity contribution in [3.8, 4) is 0 Å². The quantitative estimate of drug-likeness (QED) is 0.685. The first kappa shape index (κ1) is 19.7. The van der Waals surface area contributed by atoms with E-state index >= 15 is 0 Å². The Morgan fingerprint density at radius 1 is 1.12 bits per heavy atom. The normalized spacial score (nSPS) is 10.2. The van der Waals surface area contributed by atoms with Gasteiger partial charge < -0.3 is 14.5 Å². The number of rotatable bonds is 8. The number of esters is 1. The van der Waals surface area contributed by atoms with Gasteiger partial charge in [0.05, 0.1) is 17.9 Å². The maximum Gasteiger partial charge on any atom is 0.340 e. The van der Waals surface area contributed by atoms with E-state index < -0.39 is 5.97 Å². The van der Waals surface area contributed by atoms with Gasteiger partial charge >= 0.3 is 5.97 Å². The molecular weight excluding hydrogens is 308 g/mol. The number of anilines is 1. The minimum atomic E-state index is -0.508. The molecule has 0 spiro atoms. The second-order valence-electron chi connectivity index (χ2n) is 5.51. The lowest BCUT2D eigenvalue weighted by atomic mass is 10.1. The highest BCUT2D eigenvalue weighted by Crippen LogP contribution is 2.22. The molecule has 1 aromatic rings. The number of amides is 2. The number of ether oxygens (including phenoxy) is 1. The number of benzene rings is 1. The molecule has 6 nitrogen and oxygen atoms in total. The third-order valence-corrected chi connectivity index (χ3v) is 3.64. The molecule has 0 N–H and O–H groups in total. The zero-order valence-electron chi connectivity index (χ0n) is 14.9. The van der Waals surface area contributed by atoms with E-state index in [4.69, 9.17) is 4.74 Å². The highest BCUT2D eigenvalue weighted by atomic mass is 16.5. The number of carbonyl (C=O) groups is 3. The van der Waals surface area contributed by atoms with Crippen LogP contribution < -0.4 is 4.90 Å². The van der Waals surface area contributed by atoms with Crippen LogP contribution in [0.15, 0.2) is 24.3 Å². The van der Waals surface area contributed by atoms with Crippen LogP contribution in [0, 0.1) is 0 Å². The summed E-state index contributed by atoms with van der Waals surface area (Å²) >= 11 is 0. The van der Waals surface area contributed by atoms with Gasteiger partial charge in [-0.15, -0.1) is 0 Å². The Bertz CT molecular complexity index is 586. The van der Waals surface area contributed by atoms with Gasteiger partial charge in [-0.05, 0) is 25.5 Å². The number of unbranched alkanes of at least 4 members (excludes halogenated alkanes) is 1. The van der Waals surface area contributed by atoms with Gasteiger partial charge in [-0.1, -0.05) is 25.5 Å². The van der Waals surface area contributed by atoms with Gasteiger partial charge in [0.25, 0.3) is 0 Å². The molecule has 0 aliphatic heterocycles. The van der Waals surface area contributed by atoms with Crippen molar-refractivity contribution >= 4 is 23.5 Å². The summed E-state index contributed by atoms with van der Waals surface area (Å²) in [5.74, 6) is -0.979. The Balaban J connectivity index is 3.03. The van der Waals surface area contributed by atoms with E-state index in [0.29, 0.717) is 12.2 Å². The standard InChI is InChI=1S/C18H26N2O4/c1-5-7-12-19(4)17(22)13-20(14(3)21)16-11-9-8-10-15(16)18(23)24-6-2/h8-11H,5-7,12-13H2,1-4H3. The van der Waals surface area contributed by atoms with Crippen molar-refractivity contribution in [2.75, 3.05) is 31.6 Å². The predicted octanol–water partition coefficient (Wildman–Crippen LogP) is 2.47. The van der Waals surface area contributed by atoms with Crippen molar-refractivity contribution < 1.29 is 19.1 Å². The van der Waals surface area contributed by atoms with E-state index in [9.17, 15) is 14.4 Å². The number of hydrogen-bond acceptors (Lipinski definition) is 4. The molecule has 0 unspecified atom stereocenters. The van der Waals surface area contributed by atoms with Crippen LogP contribution in [0.2, 0.25) is 0 Å². The first-order valence-electron chi connectivity index (χ1n) is 8.20. The highest BCUT2D eigenvalue weighted by Gasteiger charge is 2.23. The van der Waals surface area contributed by atoms with Gasteiger partial charge in [0.2, 0.25) is 11.8 Å². The number of para-hydroxylation sites is 1. The van der Waals surface area contributed by atoms with Gasteiger partial charge in [-0.2, -0.15) is 0 Å². The molecule has 132 valence electrons. The first-order chi connectivity index (χ1) is 11.4. The van der Waals surface area contributed by atoms with Crippen molar-refractivity contribution in [3.05, 3.63) is 29.8 Å². The zero-order chi connectivity index (χ0) is 18.1. The molecule has 0 heterocycles. The van der Waals surface area contributed by atoms with Crippen molar-refractivity contribution in [2.24, 2.45) is 0 Å². The maximum atomic E-state index is 12.4. The number of nitrogens with zero attached hydrogens (tertiary/aromatic N) is 2. The van der Waals surface area contributed by atoms with Crippen LogP contribution in [0.1, 0.15) is 44.0 Å². The molecule has 0 aliphatic rings. The van der Waals surface area contributed by atoms with Crippen molar-refractivity contribution in [3.63, 3.8) is 0 Å². The van der Waals surface area contributed by atoms with Crippen molar-refractivity contribution in [2.45, 2.75) is 33.6 Å². The van der Waals surface area contributed by atoms with Crippen LogP contribution in [0.4, 0.5) is 5.69 Å². The summed E-state index contributed by atoms with van der Waals surface area (Å²) in [6.45, 7) is 5.92. The van der Waals surface area contributed by atoms with E-state index in [0.717, 1.165) is 12.8 Å². The van der Waals surface area contributed by atoms with E-state index in [-0.39, 0.29) is 30.5 Å². The minimum Gasteiger partial charge on any atom is -0.462 e. The molecule has 2 amide bonds. The topological polar surface area (TPSA) is 66.9 Å². The summed E-state index contributed by atoms with van der Waals surface area (Å²) in [6.07, 6.45) is 1.89. The Labute approximate surface area is 143 Å². The van der Waals surface area contributed by atoms with Gasteiger partial charge in [0.15, 0.2) is 0 Å². The zero-order valence-corrected chi connectivity index (χ0v) is 14.9. The lowest BCUT2D eigenvalue weighted by Gasteiger charge is -2.25. The van der Waals surface area contributed by atoms with Gasteiger partial charge in [0.1, 0.15) is 6.54 Å². The molecule has 6 heteroatoms. The van der Waals surface area contributed by atoms with Crippen LogP contribution in [0.25, 0.3) is 0 Å². The molecule has 24 heavy (non-hydrogen) atoms. The summed E-state index contributed by atoms with van der Waals surface area (Å²) in [4.78, 5) is 39.4. The molecular formula is C18H26N2O4. The average Bonchev–Trinajstić information content (AvgIpc) is 2.57. The molecule has 0 aromatic heterocycles. The van der Waals surface area contributed by atoms with Gasteiger partial charge in [-0.3, -0.25) is 9.59 Å². The largest absolute Gasteiger partial charge is 0.462 e.